The van der Waals surface area contributed by atoms with E-state index in [4.69, 9.17) is 4.74 Å². The van der Waals surface area contributed by atoms with Gasteiger partial charge in [0, 0.05) is 25.7 Å². The van der Waals surface area contributed by atoms with E-state index in [0.717, 1.165) is 54.0 Å². The number of ether oxygens (including phenoxy) is 1. The number of aryl methyl sites for hydroxylation is 2. The van der Waals surface area contributed by atoms with Crippen molar-refractivity contribution in [2.75, 3.05) is 33.8 Å². The van der Waals surface area contributed by atoms with Gasteiger partial charge < -0.3 is 14.5 Å². The van der Waals surface area contributed by atoms with Gasteiger partial charge >= 0.3 is 0 Å². The number of likely N-dealkylation sites (tertiary alicyclic amines) is 1. The molecule has 0 aromatic carbocycles. The predicted octanol–water partition coefficient (Wildman–Crippen LogP) is 2.97. The highest BCUT2D eigenvalue weighted by Crippen LogP contribution is 2.40. The van der Waals surface area contributed by atoms with E-state index in [9.17, 15) is 4.79 Å². The fourth-order valence-electron chi connectivity index (χ4n) is 4.70. The monoisotopic (exact) mass is 377 g/mol. The predicted molar refractivity (Wildman–Crippen MR) is 104 cm³/mol. The maximum Gasteiger partial charge on any atom is 0.265 e. The fraction of sp³-hybridized carbons (Fsp3) is 0.800. The SMILES string of the molecule is Cc1nc(C)c(C(=O)N2C[C@H]3C[C@@H](N(C)C)[C@H](OCC4CC4)C[C@H]3C2)s1. The molecule has 0 spiro atoms. The Morgan fingerprint density at radius 2 is 1.92 bits per heavy atom. The van der Waals surface area contributed by atoms with Crippen molar-refractivity contribution in [3.63, 3.8) is 0 Å². The lowest BCUT2D eigenvalue weighted by Gasteiger charge is -2.41. The molecule has 2 saturated carbocycles. The molecule has 1 aromatic rings. The van der Waals surface area contributed by atoms with Crippen molar-refractivity contribution in [3.05, 3.63) is 15.6 Å². The number of hydrogen-bond donors (Lipinski definition) is 0. The van der Waals surface area contributed by atoms with Crippen LogP contribution in [-0.2, 0) is 4.74 Å². The van der Waals surface area contributed by atoms with Crippen molar-refractivity contribution in [1.29, 1.82) is 0 Å². The lowest BCUT2D eigenvalue weighted by atomic mass is 9.77. The van der Waals surface area contributed by atoms with Crippen LogP contribution in [0.1, 0.15) is 46.1 Å². The third-order valence-corrected chi connectivity index (χ3v) is 7.44. The third kappa shape index (κ3) is 3.69. The largest absolute Gasteiger partial charge is 0.376 e. The van der Waals surface area contributed by atoms with E-state index in [-0.39, 0.29) is 5.91 Å². The summed E-state index contributed by atoms with van der Waals surface area (Å²) in [7, 11) is 4.33. The number of amides is 1. The number of carbonyl (C=O) groups excluding carboxylic acids is 1. The molecular weight excluding hydrogens is 346 g/mol. The van der Waals surface area contributed by atoms with Crippen LogP contribution in [0.3, 0.4) is 0 Å². The van der Waals surface area contributed by atoms with Crippen molar-refractivity contribution < 1.29 is 9.53 Å². The van der Waals surface area contributed by atoms with Gasteiger partial charge in [-0.05, 0) is 71.4 Å². The first-order valence-electron chi connectivity index (χ1n) is 9.93. The normalized spacial score (nSPS) is 31.5. The van der Waals surface area contributed by atoms with Crippen LogP contribution in [0.25, 0.3) is 0 Å². The molecule has 0 N–H and O–H groups in total. The summed E-state index contributed by atoms with van der Waals surface area (Å²) in [5.74, 6) is 2.16. The molecule has 1 aromatic heterocycles. The van der Waals surface area contributed by atoms with Crippen molar-refractivity contribution in [3.8, 4) is 0 Å². The molecule has 26 heavy (non-hydrogen) atoms. The van der Waals surface area contributed by atoms with Crippen molar-refractivity contribution in [2.24, 2.45) is 17.8 Å². The van der Waals surface area contributed by atoms with Gasteiger partial charge in [0.2, 0.25) is 0 Å². The fourth-order valence-corrected chi connectivity index (χ4v) is 5.58. The van der Waals surface area contributed by atoms with Crippen LogP contribution < -0.4 is 0 Å². The first kappa shape index (κ1) is 18.4. The van der Waals surface area contributed by atoms with E-state index in [1.165, 1.54) is 24.2 Å². The summed E-state index contributed by atoms with van der Waals surface area (Å²) < 4.78 is 6.34. The van der Waals surface area contributed by atoms with Gasteiger partial charge in [-0.3, -0.25) is 4.79 Å². The van der Waals surface area contributed by atoms with E-state index < -0.39 is 0 Å². The lowest BCUT2D eigenvalue weighted by molar-refractivity contribution is -0.0493. The van der Waals surface area contributed by atoms with E-state index >= 15 is 0 Å². The third-order valence-electron chi connectivity index (χ3n) is 6.38. The molecule has 0 radical (unpaired) electrons. The molecule has 3 aliphatic rings. The summed E-state index contributed by atoms with van der Waals surface area (Å²) in [5, 5.41) is 0.976. The number of hydrogen-bond acceptors (Lipinski definition) is 5. The second kappa shape index (κ2) is 7.21. The minimum absolute atomic E-state index is 0.180. The summed E-state index contributed by atoms with van der Waals surface area (Å²) in [6, 6.07) is 0.470. The lowest BCUT2D eigenvalue weighted by Crippen LogP contribution is -2.48. The van der Waals surface area contributed by atoms with Gasteiger partial charge in [0.05, 0.1) is 16.8 Å². The zero-order chi connectivity index (χ0) is 18.4. The van der Waals surface area contributed by atoms with Crippen LogP contribution in [0.5, 0.6) is 0 Å². The van der Waals surface area contributed by atoms with E-state index in [2.05, 4.69) is 28.9 Å². The van der Waals surface area contributed by atoms with Gasteiger partial charge in [-0.1, -0.05) is 0 Å². The summed E-state index contributed by atoms with van der Waals surface area (Å²) in [4.78, 5) is 22.7. The van der Waals surface area contributed by atoms with Crippen LogP contribution in [0.2, 0.25) is 0 Å². The van der Waals surface area contributed by atoms with Gasteiger partial charge in [-0.2, -0.15) is 0 Å². The molecule has 1 aliphatic heterocycles. The van der Waals surface area contributed by atoms with Gasteiger partial charge in [-0.25, -0.2) is 4.98 Å². The quantitative estimate of drug-likeness (QED) is 0.791. The van der Waals surface area contributed by atoms with Crippen LogP contribution in [0, 0.1) is 31.6 Å². The molecule has 2 aliphatic carbocycles. The molecule has 5 nitrogen and oxygen atoms in total. The maximum absolute atomic E-state index is 13.0. The Bertz CT molecular complexity index is 670. The molecule has 3 fully saturated rings. The molecule has 144 valence electrons. The second-order valence-corrected chi connectivity index (χ2v) is 9.90. The number of rotatable bonds is 5. The van der Waals surface area contributed by atoms with Crippen molar-refractivity contribution >= 4 is 17.2 Å². The van der Waals surface area contributed by atoms with E-state index in [0.29, 0.717) is 24.0 Å². The van der Waals surface area contributed by atoms with Crippen LogP contribution in [-0.4, -0.2) is 66.6 Å². The Balaban J connectivity index is 1.43. The van der Waals surface area contributed by atoms with Gasteiger partial charge in [0.15, 0.2) is 0 Å². The first-order valence-corrected chi connectivity index (χ1v) is 10.8. The number of nitrogens with zero attached hydrogens (tertiary/aromatic N) is 3. The number of likely N-dealkylation sites (N-methyl/N-ethyl adjacent to an activating group) is 1. The maximum atomic E-state index is 13.0. The van der Waals surface area contributed by atoms with Gasteiger partial charge in [-0.15, -0.1) is 11.3 Å². The average Bonchev–Trinajstić information content (AvgIpc) is 3.23. The molecule has 1 amide bonds. The molecule has 6 heteroatoms. The van der Waals surface area contributed by atoms with E-state index in [1.54, 1.807) is 0 Å². The number of fused-ring (bicyclic) bond motifs is 1. The van der Waals surface area contributed by atoms with Crippen molar-refractivity contribution in [1.82, 2.24) is 14.8 Å². The van der Waals surface area contributed by atoms with Crippen LogP contribution >= 0.6 is 11.3 Å². The average molecular weight is 378 g/mol. The highest BCUT2D eigenvalue weighted by Gasteiger charge is 2.45. The minimum Gasteiger partial charge on any atom is -0.376 e. The second-order valence-electron chi connectivity index (χ2n) is 8.70. The molecule has 0 unspecified atom stereocenters. The van der Waals surface area contributed by atoms with Gasteiger partial charge in [0.1, 0.15) is 4.88 Å². The van der Waals surface area contributed by atoms with Crippen molar-refractivity contribution in [2.45, 2.75) is 51.7 Å². The number of thiazole rings is 1. The molecular formula is C20H31N3O2S. The zero-order valence-electron chi connectivity index (χ0n) is 16.4. The summed E-state index contributed by atoms with van der Waals surface area (Å²) >= 11 is 1.53. The smallest absolute Gasteiger partial charge is 0.265 e. The Morgan fingerprint density at radius 1 is 1.23 bits per heavy atom. The number of aromatic nitrogens is 1. The summed E-state index contributed by atoms with van der Waals surface area (Å²) in [5.41, 5.74) is 0.879. The Morgan fingerprint density at radius 3 is 2.50 bits per heavy atom. The Hall–Kier alpha value is -0.980. The van der Waals surface area contributed by atoms with Crippen LogP contribution in [0.15, 0.2) is 0 Å². The summed E-state index contributed by atoms with van der Waals surface area (Å²) in [6.07, 6.45) is 5.21. The standard InChI is InChI=1S/C20H31N3O2S/c1-12-19(26-13(2)21-12)20(24)23-9-15-7-17(22(3)4)18(8-16(15)10-23)25-11-14-5-6-14/h14-18H,5-11H2,1-4H3/t15-,16+,17-,18-/m1/s1. The highest BCUT2D eigenvalue weighted by atomic mass is 32.1. The molecule has 4 rings (SSSR count). The minimum atomic E-state index is 0.180. The molecule has 4 atom stereocenters. The molecule has 1 saturated heterocycles. The molecule has 0 bridgehead atoms. The molecule has 2 heterocycles. The zero-order valence-corrected chi connectivity index (χ0v) is 17.2. The topological polar surface area (TPSA) is 45.7 Å². The van der Waals surface area contributed by atoms with E-state index in [1.807, 2.05) is 13.8 Å². The summed E-state index contributed by atoms with van der Waals surface area (Å²) in [6.45, 7) is 6.61. The Labute approximate surface area is 160 Å². The van der Waals surface area contributed by atoms with Gasteiger partial charge in [0.25, 0.3) is 5.91 Å². The highest BCUT2D eigenvalue weighted by molar-refractivity contribution is 7.13. The first-order chi connectivity index (χ1) is 12.4. The van der Waals surface area contributed by atoms with Crippen LogP contribution in [0.4, 0.5) is 0 Å². The number of carbonyl (C=O) groups is 1. The Kier molecular flexibility index (Phi) is 5.10.